The Bertz CT molecular complexity index is 1370. The van der Waals surface area contributed by atoms with Crippen LogP contribution in [0.15, 0.2) is 79.0 Å². The standard InChI is InChI=1S/C30H33N3O5/c1-37-27-12-6-2-8-21(27)14-15-29(35)32-18-24(16-23-17-31-26-11-5-4-10-25(23)26)33-30(36)20-38-28-13-7-3-9-22(28)19-34/h2-13,17,24,31,34H,14-16,18-20H2,1H3,(H,32,35)(H,33,36). The van der Waals surface area contributed by atoms with Crippen LogP contribution < -0.4 is 20.1 Å². The summed E-state index contributed by atoms with van der Waals surface area (Å²) < 4.78 is 11.0. The number of aromatic nitrogens is 1. The monoisotopic (exact) mass is 515 g/mol. The lowest BCUT2D eigenvalue weighted by molar-refractivity contribution is -0.125. The largest absolute Gasteiger partial charge is 0.496 e. The third-order valence-corrected chi connectivity index (χ3v) is 6.37. The van der Waals surface area contributed by atoms with Crippen LogP contribution in [0.4, 0.5) is 0 Å². The number of aromatic amines is 1. The molecular weight excluding hydrogens is 482 g/mol. The predicted octanol–water partition coefficient (Wildman–Crippen LogP) is 3.52. The summed E-state index contributed by atoms with van der Waals surface area (Å²) in [6.45, 7) is -0.117. The number of nitrogens with one attached hydrogen (secondary N) is 3. The Kier molecular flexibility index (Phi) is 9.37. The Labute approximate surface area is 222 Å². The van der Waals surface area contributed by atoms with Gasteiger partial charge < -0.3 is 30.2 Å². The van der Waals surface area contributed by atoms with Crippen LogP contribution in [0, 0.1) is 0 Å². The van der Waals surface area contributed by atoms with E-state index in [-0.39, 0.29) is 37.6 Å². The fraction of sp³-hybridized carbons (Fsp3) is 0.267. The summed E-state index contributed by atoms with van der Waals surface area (Å²) in [6, 6.07) is 22.3. The molecule has 4 N–H and O–H groups in total. The molecule has 0 saturated carbocycles. The zero-order valence-electron chi connectivity index (χ0n) is 21.4. The van der Waals surface area contributed by atoms with Gasteiger partial charge in [0.15, 0.2) is 6.61 Å². The fourth-order valence-corrected chi connectivity index (χ4v) is 4.41. The number of carbonyl (C=O) groups excluding carboxylic acids is 2. The quantitative estimate of drug-likeness (QED) is 0.218. The van der Waals surface area contributed by atoms with Crippen molar-refractivity contribution in [1.82, 2.24) is 15.6 Å². The van der Waals surface area contributed by atoms with Crippen molar-refractivity contribution in [2.45, 2.75) is 31.9 Å². The lowest BCUT2D eigenvalue weighted by Gasteiger charge is -2.20. The molecule has 0 spiro atoms. The predicted molar refractivity (Wildman–Crippen MR) is 146 cm³/mol. The average molecular weight is 516 g/mol. The van der Waals surface area contributed by atoms with E-state index < -0.39 is 0 Å². The van der Waals surface area contributed by atoms with Crippen LogP contribution in [0.3, 0.4) is 0 Å². The van der Waals surface area contributed by atoms with Crippen LogP contribution in [0.5, 0.6) is 11.5 Å². The van der Waals surface area contributed by atoms with Gasteiger partial charge in [-0.1, -0.05) is 54.6 Å². The van der Waals surface area contributed by atoms with Crippen LogP contribution in [-0.2, 0) is 29.0 Å². The third-order valence-electron chi connectivity index (χ3n) is 6.37. The Morgan fingerprint density at radius 2 is 1.61 bits per heavy atom. The number of aliphatic hydroxyl groups is 1. The molecule has 0 fully saturated rings. The van der Waals surface area contributed by atoms with E-state index in [2.05, 4.69) is 15.6 Å². The second-order valence-corrected chi connectivity index (χ2v) is 9.00. The van der Waals surface area contributed by atoms with Gasteiger partial charge in [0.25, 0.3) is 5.91 Å². The van der Waals surface area contributed by atoms with Crippen molar-refractivity contribution in [2.75, 3.05) is 20.3 Å². The molecular formula is C30H33N3O5. The maximum absolute atomic E-state index is 12.8. The van der Waals surface area contributed by atoms with Gasteiger partial charge in [-0.25, -0.2) is 0 Å². The number of rotatable bonds is 13. The summed E-state index contributed by atoms with van der Waals surface area (Å²) in [5.41, 5.74) is 3.63. The summed E-state index contributed by atoms with van der Waals surface area (Å²) >= 11 is 0. The van der Waals surface area contributed by atoms with Crippen molar-refractivity contribution in [1.29, 1.82) is 0 Å². The van der Waals surface area contributed by atoms with Crippen molar-refractivity contribution < 1.29 is 24.2 Å². The van der Waals surface area contributed by atoms with Gasteiger partial charge in [0.05, 0.1) is 19.8 Å². The van der Waals surface area contributed by atoms with E-state index in [1.807, 2.05) is 54.7 Å². The number of hydrogen-bond donors (Lipinski definition) is 4. The van der Waals surface area contributed by atoms with Crippen molar-refractivity contribution >= 4 is 22.7 Å². The minimum Gasteiger partial charge on any atom is -0.496 e. The molecule has 198 valence electrons. The number of methoxy groups -OCH3 is 1. The molecule has 3 aromatic carbocycles. The highest BCUT2D eigenvalue weighted by Gasteiger charge is 2.18. The Morgan fingerprint density at radius 1 is 0.895 bits per heavy atom. The highest BCUT2D eigenvalue weighted by Crippen LogP contribution is 2.21. The molecule has 8 heteroatoms. The minimum absolute atomic E-state index is 0.109. The van der Waals surface area contributed by atoms with E-state index in [0.29, 0.717) is 30.6 Å². The Morgan fingerprint density at radius 3 is 2.39 bits per heavy atom. The van der Waals surface area contributed by atoms with Gasteiger partial charge in [-0.2, -0.15) is 0 Å². The van der Waals surface area contributed by atoms with Crippen molar-refractivity contribution in [2.24, 2.45) is 0 Å². The lowest BCUT2D eigenvalue weighted by Crippen LogP contribution is -2.46. The molecule has 4 rings (SSSR count). The van der Waals surface area contributed by atoms with Gasteiger partial charge in [0.1, 0.15) is 11.5 Å². The van der Waals surface area contributed by atoms with Gasteiger partial charge in [-0.15, -0.1) is 0 Å². The van der Waals surface area contributed by atoms with E-state index >= 15 is 0 Å². The number of amides is 2. The molecule has 0 radical (unpaired) electrons. The first-order chi connectivity index (χ1) is 18.6. The summed E-state index contributed by atoms with van der Waals surface area (Å²) in [4.78, 5) is 28.8. The molecule has 0 aliphatic carbocycles. The molecule has 0 bridgehead atoms. The summed E-state index contributed by atoms with van der Waals surface area (Å²) in [6.07, 6.45) is 3.31. The Hall–Kier alpha value is -4.30. The number of hydrogen-bond acceptors (Lipinski definition) is 5. The van der Waals surface area contributed by atoms with Crippen molar-refractivity contribution in [3.63, 3.8) is 0 Å². The first kappa shape index (κ1) is 26.8. The van der Waals surface area contributed by atoms with Gasteiger partial charge in [-0.05, 0) is 42.2 Å². The van der Waals surface area contributed by atoms with Crippen LogP contribution >= 0.6 is 0 Å². The van der Waals surface area contributed by atoms with E-state index in [4.69, 9.17) is 9.47 Å². The molecule has 1 aromatic heterocycles. The molecule has 0 saturated heterocycles. The fourth-order valence-electron chi connectivity index (χ4n) is 4.41. The number of H-pyrrole nitrogens is 1. The lowest BCUT2D eigenvalue weighted by atomic mass is 10.0. The molecule has 4 aromatic rings. The zero-order chi connectivity index (χ0) is 26.7. The van der Waals surface area contributed by atoms with Crippen LogP contribution in [-0.4, -0.2) is 48.2 Å². The highest BCUT2D eigenvalue weighted by molar-refractivity contribution is 5.83. The molecule has 1 heterocycles. The second-order valence-electron chi connectivity index (χ2n) is 9.00. The number of fused-ring (bicyclic) bond motifs is 1. The van der Waals surface area contributed by atoms with E-state index in [9.17, 15) is 14.7 Å². The first-order valence-corrected chi connectivity index (χ1v) is 12.6. The topological polar surface area (TPSA) is 113 Å². The number of aryl methyl sites for hydroxylation is 1. The highest BCUT2D eigenvalue weighted by atomic mass is 16.5. The molecule has 38 heavy (non-hydrogen) atoms. The average Bonchev–Trinajstić information content (AvgIpc) is 3.36. The van der Waals surface area contributed by atoms with Gasteiger partial charge >= 0.3 is 0 Å². The molecule has 0 aliphatic rings. The number of benzene rings is 3. The van der Waals surface area contributed by atoms with Gasteiger partial charge in [0, 0.05) is 35.6 Å². The summed E-state index contributed by atoms with van der Waals surface area (Å²) in [5, 5.41) is 16.5. The van der Waals surface area contributed by atoms with Crippen molar-refractivity contribution in [3.05, 3.63) is 95.7 Å². The molecule has 0 aliphatic heterocycles. The molecule has 8 nitrogen and oxygen atoms in total. The van der Waals surface area contributed by atoms with Crippen LogP contribution in [0.1, 0.15) is 23.1 Å². The first-order valence-electron chi connectivity index (χ1n) is 12.6. The second kappa shape index (κ2) is 13.3. The van der Waals surface area contributed by atoms with E-state index in [0.717, 1.165) is 27.8 Å². The van der Waals surface area contributed by atoms with Crippen LogP contribution in [0.2, 0.25) is 0 Å². The SMILES string of the molecule is COc1ccccc1CCC(=O)NCC(Cc1c[nH]c2ccccc12)NC(=O)COc1ccccc1CO. The molecule has 1 atom stereocenters. The normalized spacial score (nSPS) is 11.6. The van der Waals surface area contributed by atoms with Crippen molar-refractivity contribution in [3.8, 4) is 11.5 Å². The zero-order valence-corrected chi connectivity index (χ0v) is 21.4. The molecule has 1 unspecified atom stereocenters. The smallest absolute Gasteiger partial charge is 0.258 e. The minimum atomic E-state index is -0.353. The maximum Gasteiger partial charge on any atom is 0.258 e. The van der Waals surface area contributed by atoms with Gasteiger partial charge in [-0.3, -0.25) is 9.59 Å². The van der Waals surface area contributed by atoms with Crippen LogP contribution in [0.25, 0.3) is 10.9 Å². The third kappa shape index (κ3) is 7.14. The molecule has 2 amide bonds. The van der Waals surface area contributed by atoms with Gasteiger partial charge in [0.2, 0.25) is 5.91 Å². The van der Waals surface area contributed by atoms with E-state index in [1.165, 1.54) is 0 Å². The number of ether oxygens (including phenoxy) is 2. The summed E-state index contributed by atoms with van der Waals surface area (Å²) in [7, 11) is 1.61. The number of aliphatic hydroxyl groups excluding tert-OH is 1. The van der Waals surface area contributed by atoms with E-state index in [1.54, 1.807) is 31.4 Å². The Balaban J connectivity index is 1.38. The maximum atomic E-state index is 12.8. The summed E-state index contributed by atoms with van der Waals surface area (Å²) in [5.74, 6) is 0.795. The number of para-hydroxylation sites is 3. The number of carbonyl (C=O) groups is 2.